The molecule has 0 saturated carbocycles. The van der Waals surface area contributed by atoms with Crippen molar-refractivity contribution >= 4 is 0 Å². The molecule has 11 heavy (non-hydrogen) atoms. The van der Waals surface area contributed by atoms with Gasteiger partial charge in [0.15, 0.2) is 0 Å². The second-order valence-electron chi connectivity index (χ2n) is 1.42. The molecule has 3 heteroatoms. The first-order valence-electron chi connectivity index (χ1n) is 3.47. The summed E-state index contributed by atoms with van der Waals surface area (Å²) >= 11 is 0. The SMILES string of the molecule is C=C/C(N)=C(\C=C)NN.CC.[HH]. The Balaban J connectivity index is -0.000000249. The molecule has 0 aromatic heterocycles. The van der Waals surface area contributed by atoms with Crippen molar-refractivity contribution in [2.24, 2.45) is 11.6 Å². The molecule has 0 spiro atoms. The molecule has 0 aliphatic rings. The van der Waals surface area contributed by atoms with Crippen molar-refractivity contribution in [3.05, 3.63) is 36.7 Å². The van der Waals surface area contributed by atoms with Crippen LogP contribution in [0.15, 0.2) is 36.7 Å². The molecule has 0 fully saturated rings. The third-order valence-corrected chi connectivity index (χ3v) is 0.891. The number of nitrogens with one attached hydrogen (secondary N) is 1. The lowest BCUT2D eigenvalue weighted by Crippen LogP contribution is -2.22. The van der Waals surface area contributed by atoms with E-state index in [0.717, 1.165) is 0 Å². The molecule has 0 radical (unpaired) electrons. The summed E-state index contributed by atoms with van der Waals surface area (Å²) in [7, 11) is 0. The van der Waals surface area contributed by atoms with E-state index in [9.17, 15) is 0 Å². The van der Waals surface area contributed by atoms with Gasteiger partial charge in [0, 0.05) is 1.43 Å². The Labute approximate surface area is 69.9 Å². The zero-order chi connectivity index (χ0) is 9.28. The Kier molecular flexibility index (Phi) is 9.94. The summed E-state index contributed by atoms with van der Waals surface area (Å²) in [5.74, 6) is 5.05. The number of hydrazine groups is 1. The average Bonchev–Trinajstić information content (AvgIpc) is 2.10. The van der Waals surface area contributed by atoms with E-state index in [1.165, 1.54) is 12.2 Å². The molecule has 0 heterocycles. The Bertz CT molecular complexity index is 152. The molecule has 0 aromatic carbocycles. The molecule has 0 aliphatic heterocycles. The first-order valence-corrected chi connectivity index (χ1v) is 3.47. The van der Waals surface area contributed by atoms with E-state index in [-0.39, 0.29) is 1.43 Å². The highest BCUT2D eigenvalue weighted by Gasteiger charge is 1.88. The predicted molar refractivity (Wildman–Crippen MR) is 52.4 cm³/mol. The van der Waals surface area contributed by atoms with Crippen LogP contribution >= 0.6 is 0 Å². The van der Waals surface area contributed by atoms with Gasteiger partial charge in [-0.3, -0.25) is 5.84 Å². The van der Waals surface area contributed by atoms with Gasteiger partial charge < -0.3 is 11.2 Å². The third kappa shape index (κ3) is 5.24. The Morgan fingerprint density at radius 2 is 1.82 bits per heavy atom. The summed E-state index contributed by atoms with van der Waals surface area (Å²) in [6.45, 7) is 10.9. The molecule has 0 unspecified atom stereocenters. The first-order chi connectivity index (χ1) is 5.26. The highest BCUT2D eigenvalue weighted by atomic mass is 15.2. The lowest BCUT2D eigenvalue weighted by atomic mass is 10.3. The van der Waals surface area contributed by atoms with Gasteiger partial charge in [0.25, 0.3) is 0 Å². The first kappa shape index (κ1) is 12.5. The van der Waals surface area contributed by atoms with Crippen molar-refractivity contribution in [1.29, 1.82) is 0 Å². The minimum Gasteiger partial charge on any atom is -0.397 e. The van der Waals surface area contributed by atoms with Gasteiger partial charge in [0.2, 0.25) is 0 Å². The standard InChI is InChI=1S/C6H11N3.C2H6.H2/c1-3-5(7)6(4-2)9-8;1-2;/h3-4,9H,1-2,7-8H2;1-2H3;1H/b6-5-;;. The quantitative estimate of drug-likeness (QED) is 0.328. The molecule has 0 atom stereocenters. The van der Waals surface area contributed by atoms with Crippen LogP contribution in [0.25, 0.3) is 0 Å². The van der Waals surface area contributed by atoms with Gasteiger partial charge >= 0.3 is 0 Å². The summed E-state index contributed by atoms with van der Waals surface area (Å²) in [5.41, 5.74) is 8.83. The number of hydrogen-bond donors (Lipinski definition) is 3. The fourth-order valence-corrected chi connectivity index (χ4v) is 0.370. The van der Waals surface area contributed by atoms with Crippen molar-refractivity contribution in [2.45, 2.75) is 13.8 Å². The lowest BCUT2D eigenvalue weighted by Gasteiger charge is -2.00. The zero-order valence-electron chi connectivity index (χ0n) is 7.22. The molecule has 0 rings (SSSR count). The summed E-state index contributed by atoms with van der Waals surface area (Å²) in [4.78, 5) is 0. The van der Waals surface area contributed by atoms with E-state index < -0.39 is 0 Å². The monoisotopic (exact) mass is 157 g/mol. The molecule has 3 nitrogen and oxygen atoms in total. The topological polar surface area (TPSA) is 64.1 Å². The normalized spacial score (nSPS) is 10.1. The molecule has 0 aromatic rings. The summed E-state index contributed by atoms with van der Waals surface area (Å²) in [5, 5.41) is 0. The number of rotatable bonds is 3. The number of nitrogens with two attached hydrogens (primary N) is 2. The third-order valence-electron chi connectivity index (χ3n) is 0.891. The molecule has 0 amide bonds. The summed E-state index contributed by atoms with van der Waals surface area (Å²) < 4.78 is 0. The van der Waals surface area contributed by atoms with Gasteiger partial charge in [-0.15, -0.1) is 0 Å². The number of allylic oxidation sites excluding steroid dienone is 2. The van der Waals surface area contributed by atoms with Crippen molar-refractivity contribution in [1.82, 2.24) is 5.43 Å². The van der Waals surface area contributed by atoms with E-state index in [1.54, 1.807) is 0 Å². The van der Waals surface area contributed by atoms with Crippen LogP contribution in [0.3, 0.4) is 0 Å². The highest BCUT2D eigenvalue weighted by molar-refractivity contribution is 5.26. The molecular weight excluding hydrogens is 138 g/mol. The van der Waals surface area contributed by atoms with Crippen molar-refractivity contribution in [3.8, 4) is 0 Å². The maximum Gasteiger partial charge on any atom is 0.0709 e. The van der Waals surface area contributed by atoms with Crippen LogP contribution in [-0.2, 0) is 0 Å². The molecule has 0 aliphatic carbocycles. The van der Waals surface area contributed by atoms with Crippen LogP contribution in [0, 0.1) is 0 Å². The van der Waals surface area contributed by atoms with Crippen molar-refractivity contribution in [2.75, 3.05) is 0 Å². The Morgan fingerprint density at radius 1 is 1.36 bits per heavy atom. The Morgan fingerprint density at radius 3 is 1.91 bits per heavy atom. The van der Waals surface area contributed by atoms with E-state index >= 15 is 0 Å². The average molecular weight is 157 g/mol. The molecular formula is C8H19N3. The summed E-state index contributed by atoms with van der Waals surface area (Å²) in [6, 6.07) is 0. The van der Waals surface area contributed by atoms with E-state index in [0.29, 0.717) is 11.4 Å². The van der Waals surface area contributed by atoms with Crippen LogP contribution in [0.1, 0.15) is 15.3 Å². The highest BCUT2D eigenvalue weighted by Crippen LogP contribution is 1.93. The van der Waals surface area contributed by atoms with Gasteiger partial charge in [-0.05, 0) is 12.2 Å². The van der Waals surface area contributed by atoms with Gasteiger partial charge in [-0.25, -0.2) is 0 Å². The van der Waals surface area contributed by atoms with Crippen LogP contribution < -0.4 is 17.0 Å². The second-order valence-corrected chi connectivity index (χ2v) is 1.42. The maximum atomic E-state index is 5.39. The largest absolute Gasteiger partial charge is 0.397 e. The van der Waals surface area contributed by atoms with E-state index in [2.05, 4.69) is 18.6 Å². The molecule has 0 bridgehead atoms. The van der Waals surface area contributed by atoms with Gasteiger partial charge in [0.1, 0.15) is 0 Å². The zero-order valence-corrected chi connectivity index (χ0v) is 7.22. The fraction of sp³-hybridized carbons (Fsp3) is 0.250. The van der Waals surface area contributed by atoms with E-state index in [1.807, 2.05) is 13.8 Å². The maximum absolute atomic E-state index is 5.39. The molecule has 5 N–H and O–H groups in total. The van der Waals surface area contributed by atoms with Crippen LogP contribution in [-0.4, -0.2) is 0 Å². The van der Waals surface area contributed by atoms with E-state index in [4.69, 9.17) is 11.6 Å². The predicted octanol–water partition coefficient (Wildman–Crippen LogP) is 1.26. The molecule has 0 saturated heterocycles. The summed E-state index contributed by atoms with van der Waals surface area (Å²) in [6.07, 6.45) is 3.02. The Hall–Kier alpha value is -1.22. The lowest BCUT2D eigenvalue weighted by molar-refractivity contribution is 0.901. The smallest absolute Gasteiger partial charge is 0.0709 e. The molecule has 66 valence electrons. The van der Waals surface area contributed by atoms with Crippen molar-refractivity contribution < 1.29 is 1.43 Å². The van der Waals surface area contributed by atoms with Gasteiger partial charge in [0.05, 0.1) is 11.4 Å². The minimum atomic E-state index is 0. The van der Waals surface area contributed by atoms with Gasteiger partial charge in [-0.2, -0.15) is 0 Å². The van der Waals surface area contributed by atoms with Crippen LogP contribution in [0.5, 0.6) is 0 Å². The van der Waals surface area contributed by atoms with Crippen LogP contribution in [0.2, 0.25) is 0 Å². The van der Waals surface area contributed by atoms with Crippen LogP contribution in [0.4, 0.5) is 0 Å². The number of hydrogen-bond acceptors (Lipinski definition) is 3. The van der Waals surface area contributed by atoms with Gasteiger partial charge in [-0.1, -0.05) is 27.0 Å². The second kappa shape index (κ2) is 8.78. The van der Waals surface area contributed by atoms with Crippen molar-refractivity contribution in [3.63, 3.8) is 0 Å². The minimum absolute atomic E-state index is 0. The fourth-order valence-electron chi connectivity index (χ4n) is 0.370.